The van der Waals surface area contributed by atoms with E-state index in [9.17, 15) is 0 Å². The maximum absolute atomic E-state index is 5.63. The van der Waals surface area contributed by atoms with Crippen molar-refractivity contribution in [2.75, 3.05) is 0 Å². The number of hydrazine groups is 1. The summed E-state index contributed by atoms with van der Waals surface area (Å²) in [5, 5.41) is 3.15. The molecule has 2 aromatic rings. The molecule has 0 fully saturated rings. The molecule has 1 aromatic carbocycles. The third-order valence-electron chi connectivity index (χ3n) is 3.07. The van der Waals surface area contributed by atoms with E-state index in [0.29, 0.717) is 0 Å². The average molecular weight is 261 g/mol. The molecule has 18 heavy (non-hydrogen) atoms. The molecule has 1 aromatic heterocycles. The van der Waals surface area contributed by atoms with E-state index in [1.165, 1.54) is 11.1 Å². The van der Waals surface area contributed by atoms with Crippen molar-refractivity contribution in [2.45, 2.75) is 32.7 Å². The van der Waals surface area contributed by atoms with E-state index in [1.807, 2.05) is 6.92 Å². The summed E-state index contributed by atoms with van der Waals surface area (Å²) in [6.45, 7) is 4.18. The number of rotatable bonds is 5. The molecule has 96 valence electrons. The van der Waals surface area contributed by atoms with E-state index in [4.69, 9.17) is 5.84 Å². The second-order valence-electron chi connectivity index (χ2n) is 4.38. The molecule has 3 nitrogen and oxygen atoms in total. The zero-order valence-electron chi connectivity index (χ0n) is 10.8. The third-order valence-corrected chi connectivity index (χ3v) is 3.86. The summed E-state index contributed by atoms with van der Waals surface area (Å²) in [7, 11) is 0. The van der Waals surface area contributed by atoms with Crippen LogP contribution in [-0.4, -0.2) is 4.98 Å². The summed E-state index contributed by atoms with van der Waals surface area (Å²) >= 11 is 1.66. The van der Waals surface area contributed by atoms with E-state index in [1.54, 1.807) is 11.3 Å². The zero-order valence-corrected chi connectivity index (χ0v) is 11.6. The van der Waals surface area contributed by atoms with Gasteiger partial charge in [0, 0.05) is 5.38 Å². The molecule has 1 unspecified atom stereocenters. The second kappa shape index (κ2) is 6.09. The van der Waals surface area contributed by atoms with E-state index in [2.05, 4.69) is 47.0 Å². The minimum Gasteiger partial charge on any atom is -0.271 e. The van der Waals surface area contributed by atoms with Gasteiger partial charge in [0.15, 0.2) is 0 Å². The Labute approximate surface area is 112 Å². The van der Waals surface area contributed by atoms with Crippen LogP contribution < -0.4 is 11.3 Å². The second-order valence-corrected chi connectivity index (χ2v) is 5.45. The lowest BCUT2D eigenvalue weighted by molar-refractivity contribution is 0.540. The first kappa shape index (κ1) is 13.2. The largest absolute Gasteiger partial charge is 0.271 e. The van der Waals surface area contributed by atoms with E-state index < -0.39 is 0 Å². The van der Waals surface area contributed by atoms with Crippen LogP contribution in [0.2, 0.25) is 0 Å². The number of nitrogens with zero attached hydrogens (tertiary/aromatic N) is 1. The lowest BCUT2D eigenvalue weighted by Gasteiger charge is -2.13. The van der Waals surface area contributed by atoms with Gasteiger partial charge < -0.3 is 0 Å². The molecule has 2 rings (SSSR count). The number of hydrogen-bond acceptors (Lipinski definition) is 4. The smallest absolute Gasteiger partial charge is 0.0898 e. The lowest BCUT2D eigenvalue weighted by atomic mass is 10.0. The highest BCUT2D eigenvalue weighted by Gasteiger charge is 2.13. The Hall–Kier alpha value is -1.23. The highest BCUT2D eigenvalue weighted by Crippen LogP contribution is 2.20. The Balaban J connectivity index is 2.10. The number of nitrogens with one attached hydrogen (secondary N) is 1. The summed E-state index contributed by atoms with van der Waals surface area (Å²) in [5.74, 6) is 5.63. The van der Waals surface area contributed by atoms with Crippen LogP contribution in [0.25, 0.3) is 0 Å². The Bertz CT molecular complexity index is 490. The van der Waals surface area contributed by atoms with Gasteiger partial charge in [0.1, 0.15) is 0 Å². The lowest BCUT2D eigenvalue weighted by Crippen LogP contribution is -2.29. The van der Waals surface area contributed by atoms with E-state index in [-0.39, 0.29) is 6.04 Å². The Kier molecular flexibility index (Phi) is 4.47. The molecular weight excluding hydrogens is 242 g/mol. The van der Waals surface area contributed by atoms with Crippen LogP contribution in [0.4, 0.5) is 0 Å². The summed E-state index contributed by atoms with van der Waals surface area (Å²) < 4.78 is 0. The fourth-order valence-electron chi connectivity index (χ4n) is 1.94. The fourth-order valence-corrected chi connectivity index (χ4v) is 2.60. The van der Waals surface area contributed by atoms with Crippen molar-refractivity contribution in [2.24, 2.45) is 5.84 Å². The maximum atomic E-state index is 5.63. The average Bonchev–Trinajstić information content (AvgIpc) is 2.83. The quantitative estimate of drug-likeness (QED) is 0.643. The summed E-state index contributed by atoms with van der Waals surface area (Å²) in [6.07, 6.45) is 1.94. The van der Waals surface area contributed by atoms with Crippen LogP contribution in [0.5, 0.6) is 0 Å². The zero-order chi connectivity index (χ0) is 13.0. The van der Waals surface area contributed by atoms with Crippen LogP contribution in [0, 0.1) is 6.92 Å². The summed E-state index contributed by atoms with van der Waals surface area (Å²) in [6, 6.07) is 8.78. The first-order valence-electron chi connectivity index (χ1n) is 6.19. The Morgan fingerprint density at radius 2 is 1.94 bits per heavy atom. The van der Waals surface area contributed by atoms with Crippen molar-refractivity contribution < 1.29 is 0 Å². The number of benzene rings is 1. The molecule has 0 spiro atoms. The maximum Gasteiger partial charge on any atom is 0.0898 e. The monoisotopic (exact) mass is 261 g/mol. The molecule has 0 aliphatic carbocycles. The minimum atomic E-state index is 0.0856. The number of aromatic nitrogens is 1. The van der Waals surface area contributed by atoms with Crippen LogP contribution in [0.15, 0.2) is 29.6 Å². The summed E-state index contributed by atoms with van der Waals surface area (Å²) in [4.78, 5) is 4.49. The van der Waals surface area contributed by atoms with Crippen LogP contribution >= 0.6 is 11.3 Å². The van der Waals surface area contributed by atoms with Crippen molar-refractivity contribution in [3.8, 4) is 0 Å². The molecule has 1 atom stereocenters. The van der Waals surface area contributed by atoms with Gasteiger partial charge >= 0.3 is 0 Å². The minimum absolute atomic E-state index is 0.0856. The SMILES string of the molecule is CCc1ccc(CC(NN)c2csc(C)n2)cc1. The van der Waals surface area contributed by atoms with Crippen molar-refractivity contribution in [3.63, 3.8) is 0 Å². The van der Waals surface area contributed by atoms with Gasteiger partial charge in [0.2, 0.25) is 0 Å². The predicted octanol–water partition coefficient (Wildman–Crippen LogP) is 2.76. The van der Waals surface area contributed by atoms with Gasteiger partial charge in [-0.1, -0.05) is 31.2 Å². The van der Waals surface area contributed by atoms with Crippen molar-refractivity contribution in [1.82, 2.24) is 10.4 Å². The molecule has 3 N–H and O–H groups in total. The van der Waals surface area contributed by atoms with Crippen molar-refractivity contribution in [1.29, 1.82) is 0 Å². The van der Waals surface area contributed by atoms with E-state index >= 15 is 0 Å². The molecule has 0 radical (unpaired) electrons. The predicted molar refractivity (Wildman–Crippen MR) is 76.4 cm³/mol. The Morgan fingerprint density at radius 3 is 2.44 bits per heavy atom. The van der Waals surface area contributed by atoms with Crippen LogP contribution in [0.3, 0.4) is 0 Å². The van der Waals surface area contributed by atoms with Gasteiger partial charge in [-0.2, -0.15) is 0 Å². The van der Waals surface area contributed by atoms with Crippen molar-refractivity contribution >= 4 is 11.3 Å². The molecule has 4 heteroatoms. The Morgan fingerprint density at radius 1 is 1.28 bits per heavy atom. The fraction of sp³-hybridized carbons (Fsp3) is 0.357. The summed E-state index contributed by atoms with van der Waals surface area (Å²) in [5.41, 5.74) is 6.52. The molecule has 0 saturated heterocycles. The molecule has 0 amide bonds. The molecule has 0 aliphatic heterocycles. The highest BCUT2D eigenvalue weighted by molar-refractivity contribution is 7.09. The highest BCUT2D eigenvalue weighted by atomic mass is 32.1. The van der Waals surface area contributed by atoms with Crippen LogP contribution in [-0.2, 0) is 12.8 Å². The molecular formula is C14H19N3S. The molecule has 0 bridgehead atoms. The molecule has 0 saturated carbocycles. The molecule has 1 heterocycles. The van der Waals surface area contributed by atoms with Crippen LogP contribution in [0.1, 0.15) is 34.8 Å². The number of thiazole rings is 1. The van der Waals surface area contributed by atoms with Gasteiger partial charge in [-0.3, -0.25) is 11.3 Å². The number of aryl methyl sites for hydroxylation is 2. The van der Waals surface area contributed by atoms with Gasteiger partial charge in [-0.05, 0) is 30.9 Å². The number of hydrogen-bond donors (Lipinski definition) is 2. The normalized spacial score (nSPS) is 12.6. The van der Waals surface area contributed by atoms with E-state index in [0.717, 1.165) is 23.5 Å². The third kappa shape index (κ3) is 3.16. The van der Waals surface area contributed by atoms with Crippen molar-refractivity contribution in [3.05, 3.63) is 51.5 Å². The molecule has 0 aliphatic rings. The topological polar surface area (TPSA) is 50.9 Å². The standard InChI is InChI=1S/C14H19N3S/c1-3-11-4-6-12(7-5-11)8-13(17-15)14-9-18-10(2)16-14/h4-7,9,13,17H,3,8,15H2,1-2H3. The van der Waals surface area contributed by atoms with Gasteiger partial charge in [0.05, 0.1) is 16.7 Å². The first-order chi connectivity index (χ1) is 8.72. The van der Waals surface area contributed by atoms with Gasteiger partial charge in [0.25, 0.3) is 0 Å². The van der Waals surface area contributed by atoms with Gasteiger partial charge in [-0.15, -0.1) is 11.3 Å². The first-order valence-corrected chi connectivity index (χ1v) is 7.07. The number of nitrogens with two attached hydrogens (primary N) is 1. The van der Waals surface area contributed by atoms with Gasteiger partial charge in [-0.25, -0.2) is 4.98 Å².